The molecule has 1 amide bonds. The molecule has 0 atom stereocenters. The fourth-order valence-electron chi connectivity index (χ4n) is 2.98. The summed E-state index contributed by atoms with van der Waals surface area (Å²) in [6, 6.07) is 6.50. The fourth-order valence-corrected chi connectivity index (χ4v) is 5.54. The van der Waals surface area contributed by atoms with Crippen LogP contribution in [0, 0.1) is 0 Å². The van der Waals surface area contributed by atoms with E-state index in [4.69, 9.17) is 23.2 Å². The summed E-state index contributed by atoms with van der Waals surface area (Å²) in [5.41, 5.74) is 1.36. The van der Waals surface area contributed by atoms with Crippen LogP contribution in [0.3, 0.4) is 0 Å². The largest absolute Gasteiger partial charge is 0.322 e. The van der Waals surface area contributed by atoms with Crippen molar-refractivity contribution in [3.8, 4) is 10.6 Å². The quantitative estimate of drug-likeness (QED) is 0.615. The van der Waals surface area contributed by atoms with Crippen molar-refractivity contribution in [1.29, 1.82) is 0 Å². The summed E-state index contributed by atoms with van der Waals surface area (Å²) in [4.78, 5) is 21.1. The average molecular weight is 469 g/mol. The summed E-state index contributed by atoms with van der Waals surface area (Å²) in [5.74, 6) is -0.268. The van der Waals surface area contributed by atoms with Gasteiger partial charge in [0.15, 0.2) is 0 Å². The molecule has 0 bridgehead atoms. The SMILES string of the molecule is O=C(Nc1cc(Cl)cc(-c2nccs2)c1)c1cc(N2CCCS2(=O)=O)ncc1Cl. The topological polar surface area (TPSA) is 92.3 Å². The van der Waals surface area contributed by atoms with Crippen LogP contribution in [0.4, 0.5) is 11.5 Å². The van der Waals surface area contributed by atoms with E-state index in [1.165, 1.54) is 27.9 Å². The number of rotatable bonds is 4. The van der Waals surface area contributed by atoms with Crippen molar-refractivity contribution >= 4 is 62.0 Å². The zero-order valence-corrected chi connectivity index (χ0v) is 17.9. The van der Waals surface area contributed by atoms with Gasteiger partial charge in [-0.05, 0) is 30.7 Å². The maximum atomic E-state index is 12.8. The van der Waals surface area contributed by atoms with Gasteiger partial charge in [-0.2, -0.15) is 0 Å². The number of thiazole rings is 1. The van der Waals surface area contributed by atoms with Gasteiger partial charge < -0.3 is 5.32 Å². The maximum Gasteiger partial charge on any atom is 0.257 e. The second kappa shape index (κ2) is 7.91. The van der Waals surface area contributed by atoms with Gasteiger partial charge in [0.2, 0.25) is 10.0 Å². The van der Waals surface area contributed by atoms with E-state index in [0.29, 0.717) is 23.7 Å². The van der Waals surface area contributed by atoms with Crippen LogP contribution in [-0.2, 0) is 10.0 Å². The summed E-state index contributed by atoms with van der Waals surface area (Å²) in [6.07, 6.45) is 3.47. The molecule has 3 heterocycles. The van der Waals surface area contributed by atoms with Gasteiger partial charge >= 0.3 is 0 Å². The first-order chi connectivity index (χ1) is 13.8. The number of carbonyl (C=O) groups is 1. The van der Waals surface area contributed by atoms with Gasteiger partial charge in [-0.1, -0.05) is 23.2 Å². The molecule has 1 fully saturated rings. The molecule has 29 heavy (non-hydrogen) atoms. The Labute approximate surface area is 181 Å². The Morgan fingerprint density at radius 3 is 2.69 bits per heavy atom. The van der Waals surface area contributed by atoms with Crippen molar-refractivity contribution in [3.05, 3.63) is 57.6 Å². The van der Waals surface area contributed by atoms with Crippen LogP contribution in [0.1, 0.15) is 16.8 Å². The lowest BCUT2D eigenvalue weighted by Gasteiger charge is -2.17. The standard InChI is InChI=1S/C18H14Cl2N4O3S2/c19-12-6-11(18-21-2-4-28-18)7-13(8-12)23-17(25)14-9-16(22-10-15(14)20)24-3-1-5-29(24,26)27/h2,4,6-10H,1,3,5H2,(H,23,25). The number of hydrogen-bond donors (Lipinski definition) is 1. The first-order valence-corrected chi connectivity index (χ1v) is 11.8. The van der Waals surface area contributed by atoms with Crippen LogP contribution in [-0.4, -0.2) is 36.6 Å². The number of carbonyl (C=O) groups excluding carboxylic acids is 1. The van der Waals surface area contributed by atoms with E-state index < -0.39 is 15.9 Å². The van der Waals surface area contributed by atoms with E-state index in [2.05, 4.69) is 15.3 Å². The summed E-state index contributed by atoms with van der Waals surface area (Å²) in [5, 5.41) is 5.93. The number of amides is 1. The Morgan fingerprint density at radius 2 is 2.00 bits per heavy atom. The van der Waals surface area contributed by atoms with E-state index in [-0.39, 0.29) is 22.2 Å². The molecule has 0 spiro atoms. The van der Waals surface area contributed by atoms with Gasteiger partial charge in [0.05, 0.1) is 16.3 Å². The van der Waals surface area contributed by atoms with Gasteiger partial charge in [-0.25, -0.2) is 18.4 Å². The third kappa shape index (κ3) is 4.23. The molecule has 11 heteroatoms. The minimum absolute atomic E-state index is 0.0564. The molecule has 1 saturated heterocycles. The first-order valence-electron chi connectivity index (χ1n) is 8.51. The normalized spacial score (nSPS) is 15.4. The smallest absolute Gasteiger partial charge is 0.257 e. The molecule has 1 aromatic carbocycles. The molecule has 1 aliphatic heterocycles. The van der Waals surface area contributed by atoms with E-state index in [0.717, 1.165) is 10.6 Å². The minimum Gasteiger partial charge on any atom is -0.322 e. The minimum atomic E-state index is -3.42. The lowest BCUT2D eigenvalue weighted by atomic mass is 10.2. The van der Waals surface area contributed by atoms with Gasteiger partial charge in [0.25, 0.3) is 5.91 Å². The zero-order chi connectivity index (χ0) is 20.6. The number of halogens is 2. The van der Waals surface area contributed by atoms with Crippen molar-refractivity contribution in [2.75, 3.05) is 21.9 Å². The van der Waals surface area contributed by atoms with Crippen molar-refractivity contribution in [1.82, 2.24) is 9.97 Å². The van der Waals surface area contributed by atoms with Crippen LogP contribution in [0.2, 0.25) is 10.0 Å². The lowest BCUT2D eigenvalue weighted by Crippen LogP contribution is -2.26. The van der Waals surface area contributed by atoms with Crippen molar-refractivity contribution in [3.63, 3.8) is 0 Å². The first kappa shape index (κ1) is 20.1. The predicted octanol–water partition coefficient (Wildman–Crippen LogP) is 4.30. The van der Waals surface area contributed by atoms with Crippen LogP contribution < -0.4 is 9.62 Å². The average Bonchev–Trinajstić information content (AvgIpc) is 3.31. The number of nitrogens with zero attached hydrogens (tertiary/aromatic N) is 3. The van der Waals surface area contributed by atoms with Gasteiger partial charge in [0, 0.05) is 40.6 Å². The Kier molecular flexibility index (Phi) is 5.48. The lowest BCUT2D eigenvalue weighted by molar-refractivity contribution is 0.102. The van der Waals surface area contributed by atoms with Crippen LogP contribution in [0.25, 0.3) is 10.6 Å². The molecule has 3 aromatic rings. The highest BCUT2D eigenvalue weighted by atomic mass is 35.5. The molecule has 0 aliphatic carbocycles. The van der Waals surface area contributed by atoms with Crippen molar-refractivity contribution < 1.29 is 13.2 Å². The summed E-state index contributed by atoms with van der Waals surface area (Å²) < 4.78 is 25.5. The number of hydrogen-bond acceptors (Lipinski definition) is 6. The molecule has 0 radical (unpaired) electrons. The molecular formula is C18H14Cl2N4O3S2. The van der Waals surface area contributed by atoms with Gasteiger partial charge in [-0.15, -0.1) is 11.3 Å². The maximum absolute atomic E-state index is 12.8. The number of pyridine rings is 1. The van der Waals surface area contributed by atoms with E-state index in [9.17, 15) is 13.2 Å². The van der Waals surface area contributed by atoms with Crippen LogP contribution in [0.5, 0.6) is 0 Å². The van der Waals surface area contributed by atoms with Gasteiger partial charge in [0.1, 0.15) is 10.8 Å². The van der Waals surface area contributed by atoms with Crippen LogP contribution >= 0.6 is 34.5 Å². The molecule has 4 rings (SSSR count). The van der Waals surface area contributed by atoms with E-state index in [1.54, 1.807) is 24.4 Å². The monoisotopic (exact) mass is 468 g/mol. The Bertz CT molecular complexity index is 1180. The van der Waals surface area contributed by atoms with Crippen LogP contribution in [0.15, 0.2) is 42.0 Å². The Morgan fingerprint density at radius 1 is 1.17 bits per heavy atom. The molecule has 7 nitrogen and oxygen atoms in total. The molecule has 1 aliphatic rings. The molecule has 0 unspecified atom stereocenters. The fraction of sp³-hybridized carbons (Fsp3) is 0.167. The third-order valence-electron chi connectivity index (χ3n) is 4.28. The Hall–Kier alpha value is -2.20. The number of nitrogens with one attached hydrogen (secondary N) is 1. The molecule has 0 saturated carbocycles. The highest BCUT2D eigenvalue weighted by Crippen LogP contribution is 2.30. The van der Waals surface area contributed by atoms with Crippen molar-refractivity contribution in [2.45, 2.75) is 6.42 Å². The highest BCUT2D eigenvalue weighted by molar-refractivity contribution is 7.93. The number of aromatic nitrogens is 2. The highest BCUT2D eigenvalue weighted by Gasteiger charge is 2.30. The van der Waals surface area contributed by atoms with Crippen molar-refractivity contribution in [2.24, 2.45) is 0 Å². The second-order valence-electron chi connectivity index (χ2n) is 6.28. The number of benzene rings is 1. The molecule has 1 N–H and O–H groups in total. The zero-order valence-electron chi connectivity index (χ0n) is 14.8. The summed E-state index contributed by atoms with van der Waals surface area (Å²) in [6.45, 7) is 0.323. The molecular weight excluding hydrogens is 455 g/mol. The third-order valence-corrected chi connectivity index (χ3v) is 7.46. The predicted molar refractivity (Wildman–Crippen MR) is 116 cm³/mol. The van der Waals surface area contributed by atoms with Gasteiger partial charge in [-0.3, -0.25) is 9.10 Å². The van der Waals surface area contributed by atoms with E-state index >= 15 is 0 Å². The number of anilines is 2. The summed E-state index contributed by atoms with van der Waals surface area (Å²) >= 11 is 13.8. The molecule has 150 valence electrons. The molecule has 2 aromatic heterocycles. The summed E-state index contributed by atoms with van der Waals surface area (Å²) in [7, 11) is -3.42. The number of sulfonamides is 1. The van der Waals surface area contributed by atoms with E-state index in [1.807, 2.05) is 5.38 Å². The Balaban J connectivity index is 1.63. The second-order valence-corrected chi connectivity index (χ2v) is 10.0.